The summed E-state index contributed by atoms with van der Waals surface area (Å²) in [6.07, 6.45) is 2.27. The van der Waals surface area contributed by atoms with Crippen LogP contribution in [0.2, 0.25) is 0 Å². The topological polar surface area (TPSA) is 27.7 Å². The minimum atomic E-state index is -0.0653. The van der Waals surface area contributed by atoms with Gasteiger partial charge in [0.1, 0.15) is 0 Å². The Hall–Kier alpha value is -0.185. The molecule has 3 rings (SSSR count). The molecule has 4 heteroatoms. The summed E-state index contributed by atoms with van der Waals surface area (Å²) in [5.74, 6) is 0.553. The average Bonchev–Trinajstić information content (AvgIpc) is 2.58. The monoisotopic (exact) mass is 194 g/mol. The zero-order valence-electron chi connectivity index (χ0n) is 8.66. The van der Waals surface area contributed by atoms with Crippen LogP contribution in [0.15, 0.2) is 0 Å². The van der Waals surface area contributed by atoms with Crippen molar-refractivity contribution in [2.45, 2.75) is 30.5 Å². The van der Waals surface area contributed by atoms with Gasteiger partial charge in [0, 0.05) is 0 Å². The van der Waals surface area contributed by atoms with Crippen LogP contribution in [0, 0.1) is 5.92 Å². The van der Waals surface area contributed by atoms with Crippen LogP contribution < -0.4 is 0 Å². The van der Waals surface area contributed by atoms with Gasteiger partial charge in [-0.3, -0.25) is 0 Å². The van der Waals surface area contributed by atoms with E-state index in [9.17, 15) is 0 Å². The Labute approximate surface area is 84.6 Å². The fourth-order valence-corrected chi connectivity index (χ4v) is 3.25. The second kappa shape index (κ2) is 2.91. The van der Waals surface area contributed by atoms with Gasteiger partial charge in [-0.1, -0.05) is 0 Å². The standard InChI is InChI=1S/C10H15BO3/c1-12-4-3-10-5-6-7(8(10)13-2)9(11-6)14-10/h7-9H,3-5H2,1-2H3/t7-,8?,9-,10-/m1/s1. The normalized spacial score (nSPS) is 47.3. The van der Waals surface area contributed by atoms with Crippen LogP contribution in [0.25, 0.3) is 0 Å². The molecule has 0 amide bonds. The molecule has 4 atom stereocenters. The second-order valence-corrected chi connectivity index (χ2v) is 4.49. The van der Waals surface area contributed by atoms with Gasteiger partial charge in [-0.2, -0.15) is 0 Å². The Kier molecular flexibility index (Phi) is 1.88. The molecular weight excluding hydrogens is 179 g/mol. The van der Waals surface area contributed by atoms with E-state index >= 15 is 0 Å². The molecule has 2 heterocycles. The zero-order chi connectivity index (χ0) is 9.76. The molecule has 1 saturated heterocycles. The molecule has 0 aromatic heterocycles. The van der Waals surface area contributed by atoms with E-state index in [1.54, 1.807) is 19.7 Å². The molecule has 0 N–H and O–H groups in total. The van der Waals surface area contributed by atoms with Gasteiger partial charge in [0.2, 0.25) is 0 Å². The number of methoxy groups -OCH3 is 2. The van der Waals surface area contributed by atoms with E-state index < -0.39 is 0 Å². The number of hydrogen-bond acceptors (Lipinski definition) is 3. The Morgan fingerprint density at radius 3 is 3.00 bits per heavy atom. The fraction of sp³-hybridized carbons (Fsp3) is 0.900. The molecule has 2 aliphatic heterocycles. The van der Waals surface area contributed by atoms with E-state index in [2.05, 4.69) is 6.92 Å². The molecule has 1 unspecified atom stereocenters. The summed E-state index contributed by atoms with van der Waals surface area (Å²) in [4.78, 5) is 0. The van der Waals surface area contributed by atoms with Crippen molar-refractivity contribution < 1.29 is 14.2 Å². The van der Waals surface area contributed by atoms with Gasteiger partial charge in [0.05, 0.1) is 0 Å². The van der Waals surface area contributed by atoms with E-state index in [1.165, 1.54) is 0 Å². The molecule has 1 aliphatic carbocycles. The molecule has 0 spiro atoms. The van der Waals surface area contributed by atoms with E-state index in [0.717, 1.165) is 19.4 Å². The van der Waals surface area contributed by atoms with E-state index in [4.69, 9.17) is 14.2 Å². The van der Waals surface area contributed by atoms with Crippen molar-refractivity contribution >= 4 is 12.4 Å². The van der Waals surface area contributed by atoms with Crippen LogP contribution in [-0.4, -0.2) is 50.9 Å². The SMILES string of the molecule is COCC[C@]12CC3=B[C@H](O1)[C@H]3C2OC. The van der Waals surface area contributed by atoms with Gasteiger partial charge < -0.3 is 0 Å². The molecule has 0 aromatic rings. The summed E-state index contributed by atoms with van der Waals surface area (Å²) in [6.45, 7) is 3.00. The summed E-state index contributed by atoms with van der Waals surface area (Å²) < 4.78 is 16.8. The van der Waals surface area contributed by atoms with Crippen molar-refractivity contribution in [3.05, 3.63) is 0 Å². The maximum atomic E-state index is 6.04. The molecule has 14 heavy (non-hydrogen) atoms. The van der Waals surface area contributed by atoms with Gasteiger partial charge in [-0.05, 0) is 0 Å². The van der Waals surface area contributed by atoms with Crippen molar-refractivity contribution in [3.63, 3.8) is 0 Å². The van der Waals surface area contributed by atoms with Crippen LogP contribution in [0.3, 0.4) is 0 Å². The first kappa shape index (κ1) is 9.07. The predicted molar refractivity (Wildman–Crippen MR) is 53.8 cm³/mol. The molecule has 1 saturated carbocycles. The number of rotatable bonds is 4. The minimum absolute atomic E-state index is 0.0653. The molecule has 0 aromatic carbocycles. The second-order valence-electron chi connectivity index (χ2n) is 4.49. The maximum absolute atomic E-state index is 6.04. The first-order valence-electron chi connectivity index (χ1n) is 5.21. The van der Waals surface area contributed by atoms with Gasteiger partial charge in [0.15, 0.2) is 0 Å². The summed E-state index contributed by atoms with van der Waals surface area (Å²) in [5.41, 5.74) is 1.48. The molecule has 2 bridgehead atoms. The van der Waals surface area contributed by atoms with E-state index in [0.29, 0.717) is 11.9 Å². The van der Waals surface area contributed by atoms with Crippen LogP contribution in [-0.2, 0) is 14.2 Å². The van der Waals surface area contributed by atoms with Crippen LogP contribution in [0.5, 0.6) is 0 Å². The van der Waals surface area contributed by atoms with Crippen LogP contribution in [0.1, 0.15) is 12.8 Å². The van der Waals surface area contributed by atoms with Crippen molar-refractivity contribution in [2.24, 2.45) is 5.92 Å². The number of hydrogen-bond donors (Lipinski definition) is 0. The number of fused-ring (bicyclic) bond motifs is 1. The van der Waals surface area contributed by atoms with Crippen molar-refractivity contribution in [1.82, 2.24) is 0 Å². The molecule has 3 nitrogen and oxygen atoms in total. The summed E-state index contributed by atoms with van der Waals surface area (Å²) in [7, 11) is 3.53. The van der Waals surface area contributed by atoms with Crippen molar-refractivity contribution in [2.75, 3.05) is 20.8 Å². The van der Waals surface area contributed by atoms with E-state index in [1.807, 2.05) is 0 Å². The van der Waals surface area contributed by atoms with Crippen LogP contribution in [0.4, 0.5) is 0 Å². The zero-order valence-corrected chi connectivity index (χ0v) is 8.66. The molecule has 76 valence electrons. The summed E-state index contributed by atoms with van der Waals surface area (Å²) >= 11 is 0. The first-order chi connectivity index (χ1) is 6.80. The van der Waals surface area contributed by atoms with E-state index in [-0.39, 0.29) is 11.7 Å². The Morgan fingerprint density at radius 1 is 1.57 bits per heavy atom. The average molecular weight is 194 g/mol. The molecular formula is C10H15BO3. The Bertz CT molecular complexity index is 291. The quantitative estimate of drug-likeness (QED) is 0.591. The third kappa shape index (κ3) is 0.917. The van der Waals surface area contributed by atoms with Crippen LogP contribution >= 0.6 is 0 Å². The molecule has 2 fully saturated rings. The summed E-state index contributed by atoms with van der Waals surface area (Å²) in [5, 5.41) is 0. The Balaban J connectivity index is 1.83. The van der Waals surface area contributed by atoms with Gasteiger partial charge in [0.25, 0.3) is 0 Å². The predicted octanol–water partition coefficient (Wildman–Crippen LogP) is 0.0431. The molecule has 3 aliphatic rings. The van der Waals surface area contributed by atoms with Gasteiger partial charge in [-0.25, -0.2) is 0 Å². The third-order valence-corrected chi connectivity index (χ3v) is 3.86. The van der Waals surface area contributed by atoms with Gasteiger partial charge >= 0.3 is 83.9 Å². The third-order valence-electron chi connectivity index (χ3n) is 3.86. The summed E-state index contributed by atoms with van der Waals surface area (Å²) in [6, 6.07) is 0.334. The van der Waals surface area contributed by atoms with Gasteiger partial charge in [-0.15, -0.1) is 0 Å². The first-order valence-corrected chi connectivity index (χ1v) is 5.21. The Morgan fingerprint density at radius 2 is 2.43 bits per heavy atom. The van der Waals surface area contributed by atoms with Crippen molar-refractivity contribution in [3.8, 4) is 0 Å². The fourth-order valence-electron chi connectivity index (χ4n) is 3.25. The number of ether oxygens (including phenoxy) is 3. The molecule has 0 radical (unpaired) electrons. The van der Waals surface area contributed by atoms with Crippen molar-refractivity contribution in [1.29, 1.82) is 0 Å².